The molecular formula is C14H17BrN2O3. The number of nitrogens with two attached hydrogens (primary N) is 1. The molecule has 1 unspecified atom stereocenters. The number of benzene rings is 1. The number of aliphatic carboxylic acids is 1. The largest absolute Gasteiger partial charge is 0.481 e. The molecular weight excluding hydrogens is 324 g/mol. The number of carboxylic acids is 1. The Balaban J connectivity index is 2.25. The maximum Gasteiger partial charge on any atom is 0.311 e. The molecule has 0 aliphatic carbocycles. The number of carbonyl (C=O) groups excluding carboxylic acids is 1. The van der Waals surface area contributed by atoms with Gasteiger partial charge in [-0.05, 0) is 53.9 Å². The Hall–Kier alpha value is -1.56. The van der Waals surface area contributed by atoms with Gasteiger partial charge in [-0.3, -0.25) is 9.59 Å². The van der Waals surface area contributed by atoms with Gasteiger partial charge in [0.25, 0.3) is 5.91 Å². The van der Waals surface area contributed by atoms with Gasteiger partial charge in [0.1, 0.15) is 0 Å². The minimum atomic E-state index is -0.874. The Bertz CT molecular complexity index is 561. The summed E-state index contributed by atoms with van der Waals surface area (Å²) in [6, 6.07) is 5.04. The van der Waals surface area contributed by atoms with Crippen LogP contribution in [0.5, 0.6) is 0 Å². The van der Waals surface area contributed by atoms with Crippen molar-refractivity contribution in [2.75, 3.05) is 18.8 Å². The number of hydrogen-bond donors (Lipinski definition) is 2. The van der Waals surface area contributed by atoms with Crippen molar-refractivity contribution in [1.82, 2.24) is 4.90 Å². The maximum atomic E-state index is 12.5. The molecule has 20 heavy (non-hydrogen) atoms. The quantitative estimate of drug-likeness (QED) is 0.809. The zero-order valence-electron chi connectivity index (χ0n) is 11.2. The number of nitrogen functional groups attached to an aromatic ring is 1. The highest BCUT2D eigenvalue weighted by Crippen LogP contribution is 2.31. The molecule has 1 heterocycles. The molecule has 0 spiro atoms. The zero-order chi connectivity index (χ0) is 14.9. The standard InChI is InChI=1S/C14H17BrN2O3/c1-14(13(19)20)5-2-6-17(8-14)12(18)10-7-9(16)3-4-11(10)15/h3-4,7H,2,5-6,8,16H2,1H3,(H,19,20). The number of carboxylic acid groups (broad SMARTS) is 1. The highest BCUT2D eigenvalue weighted by Gasteiger charge is 2.39. The number of nitrogens with zero attached hydrogens (tertiary/aromatic N) is 1. The molecule has 1 fully saturated rings. The number of anilines is 1. The summed E-state index contributed by atoms with van der Waals surface area (Å²) in [5.41, 5.74) is 5.82. The van der Waals surface area contributed by atoms with E-state index in [2.05, 4.69) is 15.9 Å². The van der Waals surface area contributed by atoms with Crippen LogP contribution in [0.1, 0.15) is 30.1 Å². The van der Waals surface area contributed by atoms with E-state index in [-0.39, 0.29) is 12.5 Å². The Morgan fingerprint density at radius 1 is 1.45 bits per heavy atom. The van der Waals surface area contributed by atoms with Crippen LogP contribution in [-0.4, -0.2) is 35.0 Å². The van der Waals surface area contributed by atoms with Gasteiger partial charge in [0.2, 0.25) is 0 Å². The average Bonchev–Trinajstić information content (AvgIpc) is 2.40. The third kappa shape index (κ3) is 2.80. The van der Waals surface area contributed by atoms with Gasteiger partial charge in [-0.25, -0.2) is 0 Å². The Labute approximate surface area is 125 Å². The molecule has 0 bridgehead atoms. The predicted molar refractivity (Wildman–Crippen MR) is 79.4 cm³/mol. The van der Waals surface area contributed by atoms with Gasteiger partial charge in [0, 0.05) is 23.2 Å². The minimum Gasteiger partial charge on any atom is -0.481 e. The number of likely N-dealkylation sites (tertiary alicyclic amines) is 1. The molecule has 1 aliphatic heterocycles. The lowest BCUT2D eigenvalue weighted by Gasteiger charge is -2.37. The van der Waals surface area contributed by atoms with Gasteiger partial charge in [-0.1, -0.05) is 0 Å². The average molecular weight is 341 g/mol. The molecule has 1 atom stereocenters. The van der Waals surface area contributed by atoms with Gasteiger partial charge >= 0.3 is 5.97 Å². The molecule has 3 N–H and O–H groups in total. The van der Waals surface area contributed by atoms with Crippen LogP contribution in [0.25, 0.3) is 0 Å². The summed E-state index contributed by atoms with van der Waals surface area (Å²) in [5, 5.41) is 9.30. The number of amides is 1. The predicted octanol–water partition coefficient (Wildman–Crippen LogP) is 2.36. The molecule has 1 aliphatic rings. The van der Waals surface area contributed by atoms with Crippen molar-refractivity contribution in [3.63, 3.8) is 0 Å². The molecule has 1 amide bonds. The topological polar surface area (TPSA) is 83.6 Å². The second kappa shape index (κ2) is 5.44. The highest BCUT2D eigenvalue weighted by molar-refractivity contribution is 9.10. The van der Waals surface area contributed by atoms with Crippen molar-refractivity contribution >= 4 is 33.5 Å². The summed E-state index contributed by atoms with van der Waals surface area (Å²) in [5.74, 6) is -1.04. The third-order valence-electron chi connectivity index (χ3n) is 3.72. The summed E-state index contributed by atoms with van der Waals surface area (Å²) >= 11 is 3.34. The highest BCUT2D eigenvalue weighted by atomic mass is 79.9. The maximum absolute atomic E-state index is 12.5. The Morgan fingerprint density at radius 3 is 2.80 bits per heavy atom. The Kier molecular flexibility index (Phi) is 4.04. The third-order valence-corrected chi connectivity index (χ3v) is 4.41. The fraction of sp³-hybridized carbons (Fsp3) is 0.429. The number of piperidine rings is 1. The SMILES string of the molecule is CC1(C(=O)O)CCCN(C(=O)c2cc(N)ccc2Br)C1. The number of carbonyl (C=O) groups is 2. The van der Waals surface area contributed by atoms with Crippen molar-refractivity contribution in [1.29, 1.82) is 0 Å². The first-order valence-corrected chi connectivity index (χ1v) is 7.20. The lowest BCUT2D eigenvalue weighted by atomic mass is 9.82. The van der Waals surface area contributed by atoms with Gasteiger partial charge in [-0.2, -0.15) is 0 Å². The molecule has 1 aromatic rings. The monoisotopic (exact) mass is 340 g/mol. The van der Waals surface area contributed by atoms with Crippen LogP contribution in [-0.2, 0) is 4.79 Å². The summed E-state index contributed by atoms with van der Waals surface area (Å²) in [6.45, 7) is 2.48. The first kappa shape index (κ1) is 14.8. The fourth-order valence-electron chi connectivity index (χ4n) is 2.46. The Morgan fingerprint density at radius 2 is 2.15 bits per heavy atom. The van der Waals surface area contributed by atoms with E-state index in [0.29, 0.717) is 35.1 Å². The van der Waals surface area contributed by atoms with Crippen LogP contribution in [0.3, 0.4) is 0 Å². The zero-order valence-corrected chi connectivity index (χ0v) is 12.8. The van der Waals surface area contributed by atoms with E-state index in [9.17, 15) is 14.7 Å². The fourth-order valence-corrected chi connectivity index (χ4v) is 2.88. The van der Waals surface area contributed by atoms with E-state index in [4.69, 9.17) is 5.73 Å². The normalized spacial score (nSPS) is 22.6. The molecule has 2 rings (SSSR count). The minimum absolute atomic E-state index is 0.184. The van der Waals surface area contributed by atoms with E-state index in [1.165, 1.54) is 0 Å². The van der Waals surface area contributed by atoms with Crippen LogP contribution in [0, 0.1) is 5.41 Å². The number of rotatable bonds is 2. The molecule has 0 radical (unpaired) electrons. The van der Waals surface area contributed by atoms with Crippen LogP contribution < -0.4 is 5.73 Å². The van der Waals surface area contributed by atoms with Crippen LogP contribution in [0.2, 0.25) is 0 Å². The summed E-state index contributed by atoms with van der Waals surface area (Å²) in [6.07, 6.45) is 1.28. The van der Waals surface area contributed by atoms with Crippen molar-refractivity contribution in [3.8, 4) is 0 Å². The second-order valence-corrected chi connectivity index (χ2v) is 6.29. The molecule has 108 valence electrons. The van der Waals surface area contributed by atoms with E-state index < -0.39 is 11.4 Å². The van der Waals surface area contributed by atoms with Crippen LogP contribution in [0.15, 0.2) is 22.7 Å². The van der Waals surface area contributed by atoms with E-state index >= 15 is 0 Å². The van der Waals surface area contributed by atoms with Crippen molar-refractivity contribution in [3.05, 3.63) is 28.2 Å². The molecule has 6 heteroatoms. The van der Waals surface area contributed by atoms with E-state index in [1.807, 2.05) is 0 Å². The van der Waals surface area contributed by atoms with Crippen LogP contribution >= 0.6 is 15.9 Å². The van der Waals surface area contributed by atoms with Crippen LogP contribution in [0.4, 0.5) is 5.69 Å². The first-order valence-electron chi connectivity index (χ1n) is 6.41. The van der Waals surface area contributed by atoms with Crippen molar-refractivity contribution in [2.24, 2.45) is 5.41 Å². The van der Waals surface area contributed by atoms with Crippen molar-refractivity contribution in [2.45, 2.75) is 19.8 Å². The summed E-state index contributed by atoms with van der Waals surface area (Å²) in [4.78, 5) is 25.5. The lowest BCUT2D eigenvalue weighted by molar-refractivity contribution is -0.150. The van der Waals surface area contributed by atoms with Gasteiger partial charge in [0.15, 0.2) is 0 Å². The number of hydrogen-bond acceptors (Lipinski definition) is 3. The van der Waals surface area contributed by atoms with E-state index in [1.54, 1.807) is 30.0 Å². The van der Waals surface area contributed by atoms with Gasteiger partial charge in [-0.15, -0.1) is 0 Å². The molecule has 5 nitrogen and oxygen atoms in total. The summed E-state index contributed by atoms with van der Waals surface area (Å²) < 4.78 is 0.666. The second-order valence-electron chi connectivity index (χ2n) is 5.44. The summed E-state index contributed by atoms with van der Waals surface area (Å²) in [7, 11) is 0. The van der Waals surface area contributed by atoms with Gasteiger partial charge in [0.05, 0.1) is 11.0 Å². The molecule has 1 saturated heterocycles. The smallest absolute Gasteiger partial charge is 0.311 e. The first-order chi connectivity index (χ1) is 9.33. The molecule has 0 aromatic heterocycles. The number of halogens is 1. The molecule has 0 saturated carbocycles. The lowest BCUT2D eigenvalue weighted by Crippen LogP contribution is -2.48. The van der Waals surface area contributed by atoms with Gasteiger partial charge < -0.3 is 15.7 Å². The van der Waals surface area contributed by atoms with E-state index in [0.717, 1.165) is 0 Å². The van der Waals surface area contributed by atoms with Crippen molar-refractivity contribution < 1.29 is 14.7 Å². The molecule has 1 aromatic carbocycles.